The summed E-state index contributed by atoms with van der Waals surface area (Å²) in [5.74, 6) is 0.203. The van der Waals surface area contributed by atoms with Gasteiger partial charge in [-0.15, -0.1) is 0 Å². The van der Waals surface area contributed by atoms with Gasteiger partial charge in [-0.25, -0.2) is 4.79 Å². The first kappa shape index (κ1) is 15.6. The second kappa shape index (κ2) is 6.80. The molecule has 1 aliphatic carbocycles. The van der Waals surface area contributed by atoms with Crippen LogP contribution in [0, 0.1) is 0 Å². The number of rotatable bonds is 6. The molecule has 2 rings (SSSR count). The fourth-order valence-electron chi connectivity index (χ4n) is 2.96. The number of nitrogen functional groups attached to an aromatic ring is 1. The molecule has 7 heteroatoms. The van der Waals surface area contributed by atoms with Gasteiger partial charge in [0.25, 0.3) is 5.56 Å². The van der Waals surface area contributed by atoms with E-state index in [0.717, 1.165) is 6.54 Å². The average Bonchev–Trinajstić information content (AvgIpc) is 2.96. The van der Waals surface area contributed by atoms with Gasteiger partial charge < -0.3 is 16.0 Å². The van der Waals surface area contributed by atoms with Gasteiger partial charge in [0.05, 0.1) is 0 Å². The first-order valence-corrected chi connectivity index (χ1v) is 7.61. The Hall–Kier alpha value is -1.76. The lowest BCUT2D eigenvalue weighted by Gasteiger charge is -2.24. The normalized spacial score (nSPS) is 15.8. The van der Waals surface area contributed by atoms with E-state index in [1.807, 2.05) is 6.92 Å². The first-order chi connectivity index (χ1) is 10.0. The summed E-state index contributed by atoms with van der Waals surface area (Å²) >= 11 is 0. The molecule has 7 nitrogen and oxygen atoms in total. The van der Waals surface area contributed by atoms with Crippen LogP contribution in [0.4, 0.5) is 11.5 Å². The van der Waals surface area contributed by atoms with E-state index in [1.54, 1.807) is 0 Å². The second-order valence-electron chi connectivity index (χ2n) is 5.61. The molecule has 0 aromatic carbocycles. The number of aromatic nitrogens is 2. The standard InChI is InChI=1S/C14H25N5O2/c1-3-19-12(15)11(13(20)17-14(19)21)16-8-9-18(2)10-6-4-5-7-10/h10,16H,3-9,15H2,1-2H3,(H,17,20,21). The number of nitrogens with one attached hydrogen (secondary N) is 2. The fourth-order valence-corrected chi connectivity index (χ4v) is 2.96. The fraction of sp³-hybridized carbons (Fsp3) is 0.714. The Morgan fingerprint density at radius 2 is 2.05 bits per heavy atom. The summed E-state index contributed by atoms with van der Waals surface area (Å²) < 4.78 is 1.35. The highest BCUT2D eigenvalue weighted by Gasteiger charge is 2.19. The molecule has 0 radical (unpaired) electrons. The molecule has 1 aromatic heterocycles. The van der Waals surface area contributed by atoms with Crippen LogP contribution in [0.15, 0.2) is 9.59 Å². The maximum absolute atomic E-state index is 11.8. The molecule has 1 aliphatic rings. The first-order valence-electron chi connectivity index (χ1n) is 7.61. The highest BCUT2D eigenvalue weighted by molar-refractivity contribution is 5.60. The predicted molar refractivity (Wildman–Crippen MR) is 84.8 cm³/mol. The van der Waals surface area contributed by atoms with Crippen LogP contribution in [-0.4, -0.2) is 40.6 Å². The Bertz CT molecular complexity index is 586. The second-order valence-corrected chi connectivity index (χ2v) is 5.61. The van der Waals surface area contributed by atoms with Crippen LogP contribution in [-0.2, 0) is 6.54 Å². The molecule has 0 bridgehead atoms. The van der Waals surface area contributed by atoms with Crippen molar-refractivity contribution in [3.63, 3.8) is 0 Å². The molecule has 4 N–H and O–H groups in total. The largest absolute Gasteiger partial charge is 0.383 e. The zero-order valence-electron chi connectivity index (χ0n) is 12.8. The van der Waals surface area contributed by atoms with E-state index in [2.05, 4.69) is 22.2 Å². The van der Waals surface area contributed by atoms with Gasteiger partial charge in [-0.05, 0) is 26.8 Å². The number of nitrogens with zero attached hydrogens (tertiary/aromatic N) is 2. The molecule has 0 unspecified atom stereocenters. The van der Waals surface area contributed by atoms with Gasteiger partial charge in [0.2, 0.25) is 0 Å². The van der Waals surface area contributed by atoms with Crippen LogP contribution >= 0.6 is 0 Å². The lowest BCUT2D eigenvalue weighted by molar-refractivity contribution is 0.254. The number of likely N-dealkylation sites (N-methyl/N-ethyl adjacent to an activating group) is 1. The summed E-state index contributed by atoms with van der Waals surface area (Å²) in [5.41, 5.74) is 5.27. The third-order valence-electron chi connectivity index (χ3n) is 4.27. The van der Waals surface area contributed by atoms with E-state index in [4.69, 9.17) is 5.73 Å². The Morgan fingerprint density at radius 1 is 1.38 bits per heavy atom. The molecule has 118 valence electrons. The van der Waals surface area contributed by atoms with Crippen molar-refractivity contribution in [1.82, 2.24) is 14.5 Å². The summed E-state index contributed by atoms with van der Waals surface area (Å²) in [6.45, 7) is 3.71. The molecule has 1 heterocycles. The lowest BCUT2D eigenvalue weighted by atomic mass is 10.2. The monoisotopic (exact) mass is 295 g/mol. The molecule has 0 atom stereocenters. The minimum atomic E-state index is -0.464. The van der Waals surface area contributed by atoms with Gasteiger partial charge in [0, 0.05) is 25.7 Å². The minimum absolute atomic E-state index is 0.203. The van der Waals surface area contributed by atoms with Crippen molar-refractivity contribution in [3.8, 4) is 0 Å². The topological polar surface area (TPSA) is 96.2 Å². The maximum atomic E-state index is 11.8. The zero-order chi connectivity index (χ0) is 15.4. The molecule has 0 aliphatic heterocycles. The third kappa shape index (κ3) is 3.47. The average molecular weight is 295 g/mol. The number of nitrogens with two attached hydrogens (primary N) is 1. The van der Waals surface area contributed by atoms with Crippen LogP contribution in [0.1, 0.15) is 32.6 Å². The molecule has 1 aromatic rings. The number of H-pyrrole nitrogens is 1. The molecule has 1 saturated carbocycles. The van der Waals surface area contributed by atoms with E-state index in [-0.39, 0.29) is 11.5 Å². The summed E-state index contributed by atoms with van der Waals surface area (Å²) in [6, 6.07) is 0.645. The van der Waals surface area contributed by atoms with Gasteiger partial charge >= 0.3 is 5.69 Å². The Balaban J connectivity index is 2.00. The molecular formula is C14H25N5O2. The van der Waals surface area contributed by atoms with Crippen molar-refractivity contribution in [3.05, 3.63) is 20.8 Å². The third-order valence-corrected chi connectivity index (χ3v) is 4.27. The summed E-state index contributed by atoms with van der Waals surface area (Å²) in [4.78, 5) is 28.0. The minimum Gasteiger partial charge on any atom is -0.383 e. The smallest absolute Gasteiger partial charge is 0.330 e. The SMILES string of the molecule is CCn1c(N)c(NCCN(C)C2CCCC2)c(=O)[nH]c1=O. The van der Waals surface area contributed by atoms with Crippen molar-refractivity contribution in [2.45, 2.75) is 45.2 Å². The predicted octanol–water partition coefficient (Wildman–Crippen LogP) is 0.425. The number of hydrogen-bond donors (Lipinski definition) is 3. The molecule has 0 amide bonds. The van der Waals surface area contributed by atoms with Crippen LogP contribution in [0.3, 0.4) is 0 Å². The van der Waals surface area contributed by atoms with E-state index >= 15 is 0 Å². The van der Waals surface area contributed by atoms with Gasteiger partial charge in [0.15, 0.2) is 0 Å². The molecule has 1 fully saturated rings. The summed E-state index contributed by atoms with van der Waals surface area (Å²) in [6.07, 6.45) is 5.10. The maximum Gasteiger partial charge on any atom is 0.330 e. The van der Waals surface area contributed by atoms with E-state index in [0.29, 0.717) is 19.1 Å². The quantitative estimate of drug-likeness (QED) is 0.707. The van der Waals surface area contributed by atoms with Crippen LogP contribution in [0.5, 0.6) is 0 Å². The number of anilines is 2. The Morgan fingerprint density at radius 3 is 2.67 bits per heavy atom. The van der Waals surface area contributed by atoms with Gasteiger partial charge in [-0.3, -0.25) is 14.3 Å². The van der Waals surface area contributed by atoms with Crippen molar-refractivity contribution in [1.29, 1.82) is 0 Å². The van der Waals surface area contributed by atoms with Crippen molar-refractivity contribution < 1.29 is 0 Å². The number of aromatic amines is 1. The molecule has 21 heavy (non-hydrogen) atoms. The van der Waals surface area contributed by atoms with Crippen LogP contribution in [0.25, 0.3) is 0 Å². The lowest BCUT2D eigenvalue weighted by Crippen LogP contribution is -2.36. The number of hydrogen-bond acceptors (Lipinski definition) is 5. The zero-order valence-corrected chi connectivity index (χ0v) is 12.8. The highest BCUT2D eigenvalue weighted by atomic mass is 16.2. The van der Waals surface area contributed by atoms with Crippen LogP contribution < -0.4 is 22.3 Å². The Labute approximate surface area is 124 Å². The van der Waals surface area contributed by atoms with Crippen LogP contribution in [0.2, 0.25) is 0 Å². The van der Waals surface area contributed by atoms with E-state index < -0.39 is 11.2 Å². The van der Waals surface area contributed by atoms with Gasteiger partial charge in [-0.2, -0.15) is 0 Å². The molecule has 0 spiro atoms. The Kier molecular flexibility index (Phi) is 5.06. The van der Waals surface area contributed by atoms with E-state index in [9.17, 15) is 9.59 Å². The van der Waals surface area contributed by atoms with Gasteiger partial charge in [-0.1, -0.05) is 12.8 Å². The van der Waals surface area contributed by atoms with Gasteiger partial charge in [0.1, 0.15) is 11.5 Å². The summed E-state index contributed by atoms with van der Waals surface area (Å²) in [5, 5.41) is 3.07. The molecule has 0 saturated heterocycles. The van der Waals surface area contributed by atoms with Crippen molar-refractivity contribution in [2.75, 3.05) is 31.2 Å². The summed E-state index contributed by atoms with van der Waals surface area (Å²) in [7, 11) is 2.11. The molecular weight excluding hydrogens is 270 g/mol. The van der Waals surface area contributed by atoms with Crippen molar-refractivity contribution in [2.24, 2.45) is 0 Å². The highest BCUT2D eigenvalue weighted by Crippen LogP contribution is 2.22. The van der Waals surface area contributed by atoms with E-state index in [1.165, 1.54) is 30.3 Å². The van der Waals surface area contributed by atoms with Crippen molar-refractivity contribution >= 4 is 11.5 Å².